The summed E-state index contributed by atoms with van der Waals surface area (Å²) in [7, 11) is -3.69. The van der Waals surface area contributed by atoms with Crippen LogP contribution in [0.5, 0.6) is 0 Å². The first-order valence-corrected chi connectivity index (χ1v) is 20.1. The third-order valence-corrected chi connectivity index (χ3v) is 13.0. The highest BCUT2D eigenvalue weighted by Gasteiger charge is 2.40. The van der Waals surface area contributed by atoms with Crippen LogP contribution in [0.15, 0.2) is 42.6 Å². The van der Waals surface area contributed by atoms with Gasteiger partial charge in [0.25, 0.3) is 16.1 Å². The molecule has 14 nitrogen and oxygen atoms in total. The zero-order valence-electron chi connectivity index (χ0n) is 29.4. The Labute approximate surface area is 309 Å². The van der Waals surface area contributed by atoms with Crippen molar-refractivity contribution in [1.82, 2.24) is 29.2 Å². The second-order valence-electron chi connectivity index (χ2n) is 14.6. The Morgan fingerprint density at radius 3 is 2.29 bits per heavy atom. The molecule has 1 unspecified atom stereocenters. The molecule has 2 aromatic carbocycles. The van der Waals surface area contributed by atoms with Gasteiger partial charge >= 0.3 is 12.1 Å². The number of carbonyl (C=O) groups excluding carboxylic acids is 3. The van der Waals surface area contributed by atoms with Crippen LogP contribution in [0.1, 0.15) is 62.5 Å². The van der Waals surface area contributed by atoms with E-state index in [1.54, 1.807) is 22.1 Å². The number of nitrogens with two attached hydrogens (primary N) is 1. The summed E-state index contributed by atoms with van der Waals surface area (Å²) >= 11 is 6.60. The van der Waals surface area contributed by atoms with Crippen LogP contribution in [0.4, 0.5) is 15.3 Å². The number of amides is 4. The molecule has 1 aromatic heterocycles. The number of aromatic nitrogens is 2. The number of aromatic amines is 1. The van der Waals surface area contributed by atoms with Crippen molar-refractivity contribution in [1.29, 1.82) is 0 Å². The second-order valence-corrected chi connectivity index (χ2v) is 16.6. The lowest BCUT2D eigenvalue weighted by Crippen LogP contribution is -2.52. The van der Waals surface area contributed by atoms with Gasteiger partial charge in [-0.1, -0.05) is 36.7 Å². The molecule has 0 radical (unpaired) electrons. The van der Waals surface area contributed by atoms with Crippen LogP contribution >= 0.6 is 11.6 Å². The minimum absolute atomic E-state index is 0.0215. The molecule has 0 aliphatic carbocycles. The predicted octanol–water partition coefficient (Wildman–Crippen LogP) is 4.53. The van der Waals surface area contributed by atoms with Gasteiger partial charge in [-0.3, -0.25) is 9.89 Å². The van der Waals surface area contributed by atoms with Gasteiger partial charge in [-0.25, -0.2) is 14.7 Å². The molecule has 3 saturated heterocycles. The fourth-order valence-corrected chi connectivity index (χ4v) is 9.49. The van der Waals surface area contributed by atoms with E-state index < -0.39 is 28.3 Å². The molecule has 2 atom stereocenters. The average molecular weight is 755 g/mol. The van der Waals surface area contributed by atoms with Crippen molar-refractivity contribution < 1.29 is 27.5 Å². The Balaban J connectivity index is 1.01. The second kappa shape index (κ2) is 15.2. The smallest absolute Gasteiger partial charge is 0.410 e. The number of H-pyrrole nitrogens is 1. The van der Waals surface area contributed by atoms with Crippen molar-refractivity contribution in [2.75, 3.05) is 51.1 Å². The van der Waals surface area contributed by atoms with Crippen LogP contribution < -0.4 is 10.5 Å². The third kappa shape index (κ3) is 7.73. The minimum atomic E-state index is -3.69. The summed E-state index contributed by atoms with van der Waals surface area (Å²) in [6.45, 7) is 5.15. The Morgan fingerprint density at radius 2 is 1.60 bits per heavy atom. The van der Waals surface area contributed by atoms with Crippen molar-refractivity contribution >= 4 is 56.4 Å². The van der Waals surface area contributed by atoms with E-state index in [9.17, 15) is 22.8 Å². The van der Waals surface area contributed by atoms with Crippen LogP contribution in [0.25, 0.3) is 10.9 Å². The number of ether oxygens (including phenoxy) is 1. The summed E-state index contributed by atoms with van der Waals surface area (Å²) in [4.78, 5) is 46.6. The van der Waals surface area contributed by atoms with Crippen LogP contribution in [0, 0.1) is 11.8 Å². The number of nitrogens with zero attached hydrogens (tertiary/aromatic N) is 5. The molecule has 7 rings (SSSR count). The third-order valence-electron chi connectivity index (χ3n) is 11.7. The lowest BCUT2D eigenvalue weighted by atomic mass is 9.79. The Bertz CT molecular complexity index is 1900. The molecular formula is C36H47ClN8O6S. The molecule has 280 valence electrons. The van der Waals surface area contributed by atoms with Gasteiger partial charge < -0.3 is 24.8 Å². The topological polar surface area (TPSA) is 174 Å². The SMILES string of the molecule is C[C@H](c1cc(Cl)c2[nH]ncc2c1)C(OC(=O)N1CCC(N2CCc3ccccc3NC2=O)CC1)C(=O)N1CCC(C2CCN(S(N)(=O)=O)CC2)CC1. The largest absolute Gasteiger partial charge is 0.435 e. The zero-order chi connectivity index (χ0) is 36.6. The minimum Gasteiger partial charge on any atom is -0.435 e. The monoisotopic (exact) mass is 754 g/mol. The number of hydrogen-bond donors (Lipinski definition) is 3. The number of piperidine rings is 3. The van der Waals surface area contributed by atoms with Crippen molar-refractivity contribution in [3.8, 4) is 0 Å². The Hall–Kier alpha value is -3.92. The first-order valence-electron chi connectivity index (χ1n) is 18.3. The zero-order valence-corrected chi connectivity index (χ0v) is 30.9. The van der Waals surface area contributed by atoms with Gasteiger partial charge in [-0.15, -0.1) is 0 Å². The molecule has 4 aliphatic heterocycles. The maximum Gasteiger partial charge on any atom is 0.410 e. The van der Waals surface area contributed by atoms with Gasteiger partial charge in [0.2, 0.25) is 0 Å². The standard InChI is InChI=1S/C36H47ClN8O6S/c1-23(27-20-28-22-39-41-32(28)30(37)21-27)33(34(46)42-13-6-24(7-14-42)25-8-17-44(18-9-25)52(38,49)50)51-36(48)43-15-11-29(12-16-43)45-19-10-26-4-2-3-5-31(26)40-35(45)47/h2-5,20-25,29,33H,6-19H2,1H3,(H,39,41)(H,40,47)(H2,38,49,50)/t23-,33?/m1/s1. The normalized spacial score (nSPS) is 21.4. The summed E-state index contributed by atoms with van der Waals surface area (Å²) in [5.74, 6) is -0.0182. The van der Waals surface area contributed by atoms with Crippen molar-refractivity contribution in [2.24, 2.45) is 17.0 Å². The summed E-state index contributed by atoms with van der Waals surface area (Å²) in [6, 6.07) is 11.4. The first-order chi connectivity index (χ1) is 25.0. The van der Waals surface area contributed by atoms with E-state index in [1.807, 2.05) is 42.2 Å². The number of urea groups is 1. The number of nitrogens with one attached hydrogen (secondary N) is 2. The number of para-hydroxylation sites is 1. The van der Waals surface area contributed by atoms with E-state index in [4.69, 9.17) is 21.5 Å². The number of fused-ring (bicyclic) bond motifs is 2. The number of halogens is 1. The Kier molecular flexibility index (Phi) is 10.7. The van der Waals surface area contributed by atoms with E-state index in [-0.39, 0.29) is 18.0 Å². The highest BCUT2D eigenvalue weighted by Crippen LogP contribution is 2.35. The van der Waals surface area contributed by atoms with E-state index in [0.29, 0.717) is 81.0 Å². The first kappa shape index (κ1) is 36.4. The highest BCUT2D eigenvalue weighted by atomic mass is 35.5. The van der Waals surface area contributed by atoms with Crippen LogP contribution in [-0.4, -0.2) is 114 Å². The quantitative estimate of drug-likeness (QED) is 0.318. The molecule has 4 amide bonds. The van der Waals surface area contributed by atoms with E-state index in [0.717, 1.165) is 54.3 Å². The average Bonchev–Trinajstić information content (AvgIpc) is 3.57. The summed E-state index contributed by atoms with van der Waals surface area (Å²) < 4.78 is 31.1. The highest BCUT2D eigenvalue weighted by molar-refractivity contribution is 7.86. The van der Waals surface area contributed by atoms with Gasteiger partial charge in [0.1, 0.15) is 0 Å². The Morgan fingerprint density at radius 1 is 0.942 bits per heavy atom. The van der Waals surface area contributed by atoms with Crippen LogP contribution in [0.2, 0.25) is 5.02 Å². The molecule has 0 bridgehead atoms. The number of carbonyl (C=O) groups is 3. The van der Waals surface area contributed by atoms with E-state index in [1.165, 1.54) is 4.31 Å². The summed E-state index contributed by atoms with van der Waals surface area (Å²) in [6.07, 6.45) is 5.05. The lowest BCUT2D eigenvalue weighted by molar-refractivity contribution is -0.143. The maximum atomic E-state index is 14.3. The number of benzene rings is 2. The summed E-state index contributed by atoms with van der Waals surface area (Å²) in [5, 5.41) is 16.6. The lowest BCUT2D eigenvalue weighted by Gasteiger charge is -2.41. The molecular weight excluding hydrogens is 708 g/mol. The molecule has 4 aliphatic rings. The van der Waals surface area contributed by atoms with Crippen LogP contribution in [0.3, 0.4) is 0 Å². The molecule has 0 spiro atoms. The van der Waals surface area contributed by atoms with Gasteiger partial charge in [0, 0.05) is 68.8 Å². The number of hydrogen-bond acceptors (Lipinski definition) is 7. The molecule has 16 heteroatoms. The van der Waals surface area contributed by atoms with Gasteiger partial charge in [0.05, 0.1) is 16.7 Å². The van der Waals surface area contributed by atoms with Gasteiger partial charge in [0.15, 0.2) is 6.10 Å². The molecule has 5 heterocycles. The molecule has 52 heavy (non-hydrogen) atoms. The van der Waals surface area contributed by atoms with Crippen molar-refractivity contribution in [3.63, 3.8) is 0 Å². The van der Waals surface area contributed by atoms with Crippen LogP contribution in [-0.2, 0) is 26.2 Å². The van der Waals surface area contributed by atoms with E-state index in [2.05, 4.69) is 15.5 Å². The van der Waals surface area contributed by atoms with Crippen molar-refractivity contribution in [2.45, 2.75) is 69.9 Å². The number of anilines is 1. The fourth-order valence-electron chi connectivity index (χ4n) is 8.49. The molecule has 3 fully saturated rings. The summed E-state index contributed by atoms with van der Waals surface area (Å²) in [5.41, 5.74) is 3.39. The number of likely N-dealkylation sites (tertiary alicyclic amines) is 2. The molecule has 3 aromatic rings. The maximum absolute atomic E-state index is 14.3. The number of rotatable bonds is 7. The molecule has 4 N–H and O–H groups in total. The predicted molar refractivity (Wildman–Crippen MR) is 197 cm³/mol. The van der Waals surface area contributed by atoms with Gasteiger partial charge in [-0.05, 0) is 86.1 Å². The van der Waals surface area contributed by atoms with E-state index >= 15 is 0 Å². The van der Waals surface area contributed by atoms with Crippen molar-refractivity contribution in [3.05, 3.63) is 58.7 Å². The van der Waals surface area contributed by atoms with Gasteiger partial charge in [-0.2, -0.15) is 17.8 Å². The fraction of sp³-hybridized carbons (Fsp3) is 0.556. The molecule has 0 saturated carbocycles.